The number of amides is 1. The Kier molecular flexibility index (Phi) is 4.35. The van der Waals surface area contributed by atoms with Crippen LogP contribution in [0.15, 0.2) is 0 Å². The van der Waals surface area contributed by atoms with E-state index in [0.717, 1.165) is 38.5 Å². The predicted octanol–water partition coefficient (Wildman–Crippen LogP) is 3.21. The molecule has 17 heavy (non-hydrogen) atoms. The Labute approximate surface area is 101 Å². The highest BCUT2D eigenvalue weighted by Crippen LogP contribution is 2.32. The average Bonchev–Trinajstić information content (AvgIpc) is 3.10. The first-order valence-corrected chi connectivity index (χ1v) is 6.77. The second-order valence-electron chi connectivity index (χ2n) is 5.30. The molecule has 0 N–H and O–H groups in total. The molecule has 0 heterocycles. The Balaban J connectivity index is 1.94. The molecule has 0 saturated heterocycles. The third kappa shape index (κ3) is 3.65. The minimum absolute atomic E-state index is 0.00491. The standard InChI is InChI=1S/C13H21F2NO/c14-12(15)9-16(11-7-8-11)13(17)10-5-3-1-2-4-6-10/h10-12H,1-9H2. The highest BCUT2D eigenvalue weighted by molar-refractivity contribution is 5.79. The molecule has 0 unspecified atom stereocenters. The van der Waals surface area contributed by atoms with E-state index >= 15 is 0 Å². The van der Waals surface area contributed by atoms with E-state index in [4.69, 9.17) is 0 Å². The molecule has 0 aromatic heterocycles. The van der Waals surface area contributed by atoms with Gasteiger partial charge in [-0.15, -0.1) is 0 Å². The van der Waals surface area contributed by atoms with Gasteiger partial charge in [0.1, 0.15) is 0 Å². The van der Waals surface area contributed by atoms with Crippen molar-refractivity contribution in [3.05, 3.63) is 0 Å². The van der Waals surface area contributed by atoms with Crippen molar-refractivity contribution in [2.24, 2.45) is 5.92 Å². The molecule has 0 atom stereocenters. The SMILES string of the molecule is O=C(C1CCCCCC1)N(CC(F)F)C1CC1. The van der Waals surface area contributed by atoms with E-state index < -0.39 is 6.43 Å². The molecule has 2 aliphatic rings. The van der Waals surface area contributed by atoms with Crippen molar-refractivity contribution < 1.29 is 13.6 Å². The van der Waals surface area contributed by atoms with Crippen LogP contribution < -0.4 is 0 Å². The lowest BCUT2D eigenvalue weighted by Crippen LogP contribution is -2.40. The van der Waals surface area contributed by atoms with Crippen LogP contribution in [-0.2, 0) is 4.79 Å². The van der Waals surface area contributed by atoms with Gasteiger partial charge in [-0.2, -0.15) is 0 Å². The Bertz CT molecular complexity index is 258. The molecule has 2 saturated carbocycles. The highest BCUT2D eigenvalue weighted by atomic mass is 19.3. The van der Waals surface area contributed by atoms with Gasteiger partial charge in [-0.05, 0) is 25.7 Å². The molecule has 2 nitrogen and oxygen atoms in total. The number of nitrogens with zero attached hydrogens (tertiary/aromatic N) is 1. The smallest absolute Gasteiger partial charge is 0.255 e. The second-order valence-corrected chi connectivity index (χ2v) is 5.30. The summed E-state index contributed by atoms with van der Waals surface area (Å²) in [6, 6.07) is 0.111. The first-order chi connectivity index (χ1) is 8.18. The highest BCUT2D eigenvalue weighted by Gasteiger charge is 2.37. The van der Waals surface area contributed by atoms with Crippen molar-refractivity contribution in [1.29, 1.82) is 0 Å². The maximum absolute atomic E-state index is 12.5. The van der Waals surface area contributed by atoms with Gasteiger partial charge < -0.3 is 4.90 Å². The van der Waals surface area contributed by atoms with Crippen LogP contribution in [0.5, 0.6) is 0 Å². The van der Waals surface area contributed by atoms with Crippen LogP contribution >= 0.6 is 0 Å². The van der Waals surface area contributed by atoms with Crippen molar-refractivity contribution in [2.75, 3.05) is 6.54 Å². The quantitative estimate of drug-likeness (QED) is 0.696. The largest absolute Gasteiger partial charge is 0.334 e. The molecule has 2 rings (SSSR count). The summed E-state index contributed by atoms with van der Waals surface area (Å²) in [5, 5.41) is 0. The van der Waals surface area contributed by atoms with Crippen molar-refractivity contribution in [2.45, 2.75) is 63.8 Å². The molecule has 2 fully saturated rings. The van der Waals surface area contributed by atoms with Crippen molar-refractivity contribution >= 4 is 5.91 Å². The lowest BCUT2D eigenvalue weighted by molar-refractivity contribution is -0.138. The minimum Gasteiger partial charge on any atom is -0.334 e. The number of rotatable bonds is 4. The molecule has 4 heteroatoms. The monoisotopic (exact) mass is 245 g/mol. The van der Waals surface area contributed by atoms with Crippen molar-refractivity contribution in [3.8, 4) is 0 Å². The molecular formula is C13H21F2NO. The van der Waals surface area contributed by atoms with Gasteiger partial charge in [0.2, 0.25) is 5.91 Å². The number of alkyl halides is 2. The van der Waals surface area contributed by atoms with Gasteiger partial charge in [0.05, 0.1) is 6.54 Å². The van der Waals surface area contributed by atoms with Gasteiger partial charge in [0.25, 0.3) is 6.43 Å². The van der Waals surface area contributed by atoms with E-state index in [1.54, 1.807) is 0 Å². The third-order valence-electron chi connectivity index (χ3n) is 3.81. The average molecular weight is 245 g/mol. The van der Waals surface area contributed by atoms with Crippen LogP contribution in [0.25, 0.3) is 0 Å². The van der Waals surface area contributed by atoms with Crippen LogP contribution in [0.2, 0.25) is 0 Å². The molecular weight excluding hydrogens is 224 g/mol. The van der Waals surface area contributed by atoms with Crippen molar-refractivity contribution in [3.63, 3.8) is 0 Å². The van der Waals surface area contributed by atoms with Gasteiger partial charge >= 0.3 is 0 Å². The fourth-order valence-corrected chi connectivity index (χ4v) is 2.71. The Morgan fingerprint density at radius 2 is 1.65 bits per heavy atom. The van der Waals surface area contributed by atoms with E-state index in [-0.39, 0.29) is 24.4 Å². The number of carbonyl (C=O) groups is 1. The summed E-state index contributed by atoms with van der Waals surface area (Å²) in [5.74, 6) is 0.00606. The van der Waals surface area contributed by atoms with Gasteiger partial charge in [-0.25, -0.2) is 8.78 Å². The number of carbonyl (C=O) groups excluding carboxylic acids is 1. The van der Waals surface area contributed by atoms with Gasteiger partial charge in [0, 0.05) is 12.0 Å². The summed E-state index contributed by atoms with van der Waals surface area (Å²) in [5.41, 5.74) is 0. The molecule has 1 amide bonds. The first-order valence-electron chi connectivity index (χ1n) is 6.77. The van der Waals surface area contributed by atoms with E-state index in [9.17, 15) is 13.6 Å². The molecule has 0 aromatic rings. The Morgan fingerprint density at radius 3 is 2.12 bits per heavy atom. The fourth-order valence-electron chi connectivity index (χ4n) is 2.71. The molecule has 0 spiro atoms. The normalized spacial score (nSPS) is 22.5. The fraction of sp³-hybridized carbons (Fsp3) is 0.923. The van der Waals surface area contributed by atoms with Crippen LogP contribution in [-0.4, -0.2) is 29.8 Å². The lowest BCUT2D eigenvalue weighted by atomic mass is 9.98. The summed E-state index contributed by atoms with van der Waals surface area (Å²) >= 11 is 0. The van der Waals surface area contributed by atoms with E-state index in [1.165, 1.54) is 17.7 Å². The lowest BCUT2D eigenvalue weighted by Gasteiger charge is -2.26. The maximum atomic E-state index is 12.5. The van der Waals surface area contributed by atoms with E-state index in [0.29, 0.717) is 0 Å². The number of hydrogen-bond acceptors (Lipinski definition) is 1. The van der Waals surface area contributed by atoms with Crippen molar-refractivity contribution in [1.82, 2.24) is 4.90 Å². The van der Waals surface area contributed by atoms with Gasteiger partial charge in [-0.3, -0.25) is 4.79 Å². The summed E-state index contributed by atoms with van der Waals surface area (Å²) in [6.07, 6.45) is 5.72. The predicted molar refractivity (Wildman–Crippen MR) is 61.9 cm³/mol. The summed E-state index contributed by atoms with van der Waals surface area (Å²) in [7, 11) is 0. The van der Waals surface area contributed by atoms with Crippen LogP contribution in [0, 0.1) is 5.92 Å². The molecule has 0 aliphatic heterocycles. The zero-order chi connectivity index (χ0) is 12.3. The zero-order valence-electron chi connectivity index (χ0n) is 10.2. The minimum atomic E-state index is -2.40. The molecule has 0 bridgehead atoms. The van der Waals surface area contributed by atoms with E-state index in [2.05, 4.69) is 0 Å². The summed E-state index contributed by atoms with van der Waals surface area (Å²) in [4.78, 5) is 13.7. The van der Waals surface area contributed by atoms with Crippen LogP contribution in [0.1, 0.15) is 51.4 Å². The van der Waals surface area contributed by atoms with E-state index in [1.807, 2.05) is 0 Å². The maximum Gasteiger partial charge on any atom is 0.255 e. The zero-order valence-corrected chi connectivity index (χ0v) is 10.2. The third-order valence-corrected chi connectivity index (χ3v) is 3.81. The second kappa shape index (κ2) is 5.78. The summed E-state index contributed by atoms with van der Waals surface area (Å²) in [6.45, 7) is -0.361. The van der Waals surface area contributed by atoms with Gasteiger partial charge in [0.15, 0.2) is 0 Å². The molecule has 98 valence electrons. The summed E-state index contributed by atoms with van der Waals surface area (Å²) < 4.78 is 25.0. The molecule has 2 aliphatic carbocycles. The first kappa shape index (κ1) is 12.8. The molecule has 0 radical (unpaired) electrons. The van der Waals surface area contributed by atoms with Crippen LogP contribution in [0.4, 0.5) is 8.78 Å². The number of halogens is 2. The Hall–Kier alpha value is -0.670. The Morgan fingerprint density at radius 1 is 1.06 bits per heavy atom. The van der Waals surface area contributed by atoms with Gasteiger partial charge in [-0.1, -0.05) is 25.7 Å². The van der Waals surface area contributed by atoms with Crippen LogP contribution in [0.3, 0.4) is 0 Å². The molecule has 0 aromatic carbocycles. The topological polar surface area (TPSA) is 20.3 Å². The number of hydrogen-bond donors (Lipinski definition) is 0.